The Bertz CT molecular complexity index is 1150. The number of nitrogens with zero attached hydrogens (tertiary/aromatic N) is 1. The maximum absolute atomic E-state index is 15.4. The van der Waals surface area contributed by atoms with Gasteiger partial charge in [-0.25, -0.2) is 8.78 Å². The summed E-state index contributed by atoms with van der Waals surface area (Å²) in [4.78, 5) is 0. The molecule has 2 aromatic rings. The Balaban J connectivity index is 1.69. The Labute approximate surface area is 177 Å². The van der Waals surface area contributed by atoms with Gasteiger partial charge in [0.2, 0.25) is 5.79 Å². The lowest BCUT2D eigenvalue weighted by Crippen LogP contribution is -2.38. The van der Waals surface area contributed by atoms with Crippen LogP contribution in [-0.2, 0) is 19.8 Å². The lowest BCUT2D eigenvalue weighted by molar-refractivity contribution is -0.217. The molecular formula is C22H20F2NO5P. The Morgan fingerprint density at radius 2 is 1.97 bits per heavy atom. The molecule has 3 aliphatic rings. The first-order valence-corrected chi connectivity index (χ1v) is 12.2. The molecule has 1 unspecified atom stereocenters. The molecule has 9 heteroatoms. The van der Waals surface area contributed by atoms with Gasteiger partial charge in [0.05, 0.1) is 24.8 Å². The summed E-state index contributed by atoms with van der Waals surface area (Å²) < 4.78 is 60.1. The third-order valence-electron chi connectivity index (χ3n) is 6.13. The molecule has 1 heterocycles. The maximum atomic E-state index is 15.4. The summed E-state index contributed by atoms with van der Waals surface area (Å²) in [5.74, 6) is -2.44. The van der Waals surface area contributed by atoms with Crippen molar-refractivity contribution in [2.75, 3.05) is 19.9 Å². The first kappa shape index (κ1) is 20.6. The SMILES string of the molecule is CP(=O)(c1ccc(Oc2cc(F)cc(C#N)c2)c2c1C1(OCCO1)[C@H](F)[C@@H]2O)C1CC1. The van der Waals surface area contributed by atoms with E-state index in [1.165, 1.54) is 12.1 Å². The zero-order valence-corrected chi connectivity index (χ0v) is 17.6. The van der Waals surface area contributed by atoms with Crippen molar-refractivity contribution in [3.05, 3.63) is 52.8 Å². The topological polar surface area (TPSA) is 88.8 Å². The van der Waals surface area contributed by atoms with Gasteiger partial charge in [0.1, 0.15) is 30.6 Å². The van der Waals surface area contributed by atoms with Crippen molar-refractivity contribution in [3.8, 4) is 17.6 Å². The lowest BCUT2D eigenvalue weighted by Gasteiger charge is -2.29. The first-order valence-electron chi connectivity index (χ1n) is 10.0. The fourth-order valence-electron chi connectivity index (χ4n) is 4.51. The van der Waals surface area contributed by atoms with E-state index in [9.17, 15) is 14.1 Å². The predicted molar refractivity (Wildman–Crippen MR) is 107 cm³/mol. The average Bonchev–Trinajstić information content (AvgIpc) is 3.46. The van der Waals surface area contributed by atoms with Crippen LogP contribution >= 0.6 is 7.14 Å². The van der Waals surface area contributed by atoms with Gasteiger partial charge >= 0.3 is 0 Å². The number of hydrogen-bond acceptors (Lipinski definition) is 6. The molecule has 0 bridgehead atoms. The van der Waals surface area contributed by atoms with Gasteiger partial charge < -0.3 is 23.9 Å². The molecule has 2 aromatic carbocycles. The summed E-state index contributed by atoms with van der Waals surface area (Å²) in [6, 6.07) is 8.41. The number of halogens is 2. The largest absolute Gasteiger partial charge is 0.457 e. The number of benzene rings is 2. The highest BCUT2D eigenvalue weighted by Gasteiger charge is 2.61. The van der Waals surface area contributed by atoms with E-state index in [0.717, 1.165) is 25.0 Å². The third-order valence-corrected chi connectivity index (χ3v) is 9.37. The molecule has 1 saturated heterocycles. The fraction of sp³-hybridized carbons (Fsp3) is 0.409. The summed E-state index contributed by atoms with van der Waals surface area (Å²) in [5.41, 5.74) is 0.339. The van der Waals surface area contributed by atoms with Gasteiger partial charge in [0.25, 0.3) is 0 Å². The molecule has 6 nitrogen and oxygen atoms in total. The zero-order valence-electron chi connectivity index (χ0n) is 16.7. The van der Waals surface area contributed by atoms with Crippen LogP contribution in [0.4, 0.5) is 8.78 Å². The van der Waals surface area contributed by atoms with Gasteiger partial charge in [-0.1, -0.05) is 0 Å². The average molecular weight is 447 g/mol. The summed E-state index contributed by atoms with van der Waals surface area (Å²) >= 11 is 0. The molecule has 162 valence electrons. The van der Waals surface area contributed by atoms with E-state index in [-0.39, 0.29) is 47.1 Å². The normalized spacial score (nSPS) is 25.8. The van der Waals surface area contributed by atoms with Gasteiger partial charge in [-0.2, -0.15) is 5.26 Å². The zero-order chi connectivity index (χ0) is 22.0. The third kappa shape index (κ3) is 3.11. The van der Waals surface area contributed by atoms with Crippen molar-refractivity contribution in [2.45, 2.75) is 36.6 Å². The van der Waals surface area contributed by atoms with Gasteiger partial charge in [0.15, 0.2) is 6.17 Å². The van der Waals surface area contributed by atoms with Gasteiger partial charge in [0, 0.05) is 28.2 Å². The number of rotatable bonds is 4. The van der Waals surface area contributed by atoms with Crippen LogP contribution in [0, 0.1) is 17.1 Å². The standard InChI is InChI=1S/C22H20F2NO5P/c1-31(27,15-2-3-15)17-5-4-16(30-14-9-12(11-25)8-13(23)10-14)18-19(17)22(21(24)20(18)26)28-6-7-29-22/h4-5,8-10,15,20-21,26H,2-3,6-7H2,1H3/t20-,21-,31?/m1/s1. The number of aliphatic hydroxyl groups excluding tert-OH is 1. The Morgan fingerprint density at radius 3 is 2.61 bits per heavy atom. The van der Waals surface area contributed by atoms with E-state index in [1.807, 2.05) is 6.07 Å². The smallest absolute Gasteiger partial charge is 0.231 e. The number of ether oxygens (including phenoxy) is 3. The highest BCUT2D eigenvalue weighted by molar-refractivity contribution is 7.72. The van der Waals surface area contributed by atoms with E-state index in [4.69, 9.17) is 19.5 Å². The van der Waals surface area contributed by atoms with Crippen molar-refractivity contribution in [1.29, 1.82) is 5.26 Å². The second-order valence-electron chi connectivity index (χ2n) is 8.19. The molecule has 3 atom stereocenters. The minimum Gasteiger partial charge on any atom is -0.457 e. The Kier molecular flexibility index (Phi) is 4.72. The predicted octanol–water partition coefficient (Wildman–Crippen LogP) is 3.85. The molecule has 0 radical (unpaired) electrons. The monoisotopic (exact) mass is 447 g/mol. The van der Waals surface area contributed by atoms with Crippen LogP contribution in [0.2, 0.25) is 0 Å². The first-order chi connectivity index (χ1) is 14.8. The molecule has 0 aromatic heterocycles. The molecule has 1 aliphatic heterocycles. The van der Waals surface area contributed by atoms with E-state index in [2.05, 4.69) is 0 Å². The minimum absolute atomic E-state index is 0.000897. The molecule has 31 heavy (non-hydrogen) atoms. The molecule has 1 spiro atoms. The summed E-state index contributed by atoms with van der Waals surface area (Å²) in [6.45, 7) is 1.92. The summed E-state index contributed by atoms with van der Waals surface area (Å²) in [6.07, 6.45) is -1.96. The van der Waals surface area contributed by atoms with Crippen molar-refractivity contribution < 1.29 is 32.7 Å². The van der Waals surface area contributed by atoms with Gasteiger partial charge in [-0.3, -0.25) is 0 Å². The molecule has 5 rings (SSSR count). The molecule has 2 fully saturated rings. The van der Waals surface area contributed by atoms with Gasteiger partial charge in [-0.05, 0) is 43.8 Å². The maximum Gasteiger partial charge on any atom is 0.231 e. The second kappa shape index (κ2) is 7.11. The van der Waals surface area contributed by atoms with Crippen LogP contribution in [0.5, 0.6) is 11.5 Å². The number of nitriles is 1. The number of aliphatic hydroxyl groups is 1. The molecule has 0 amide bonds. The summed E-state index contributed by atoms with van der Waals surface area (Å²) in [5, 5.41) is 20.3. The molecule has 1 N–H and O–H groups in total. The van der Waals surface area contributed by atoms with Crippen molar-refractivity contribution in [1.82, 2.24) is 0 Å². The Morgan fingerprint density at radius 1 is 1.26 bits per heavy atom. The van der Waals surface area contributed by atoms with Crippen LogP contribution in [-0.4, -0.2) is 36.8 Å². The van der Waals surface area contributed by atoms with Gasteiger partial charge in [-0.15, -0.1) is 0 Å². The van der Waals surface area contributed by atoms with Crippen molar-refractivity contribution in [3.63, 3.8) is 0 Å². The lowest BCUT2D eigenvalue weighted by atomic mass is 10.1. The van der Waals surface area contributed by atoms with Crippen LogP contribution in [0.3, 0.4) is 0 Å². The quantitative estimate of drug-likeness (QED) is 0.717. The van der Waals surface area contributed by atoms with Crippen LogP contribution in [0.25, 0.3) is 0 Å². The molecule has 1 saturated carbocycles. The number of hydrogen-bond donors (Lipinski definition) is 1. The highest BCUT2D eigenvalue weighted by Crippen LogP contribution is 2.62. The number of alkyl halides is 1. The van der Waals surface area contributed by atoms with E-state index >= 15 is 4.39 Å². The molecular weight excluding hydrogens is 427 g/mol. The van der Waals surface area contributed by atoms with E-state index in [1.54, 1.807) is 12.7 Å². The second-order valence-corrected chi connectivity index (χ2v) is 11.4. The minimum atomic E-state index is -2.90. The van der Waals surface area contributed by atoms with E-state index < -0.39 is 31.0 Å². The molecule has 2 aliphatic carbocycles. The van der Waals surface area contributed by atoms with Crippen LogP contribution in [0.15, 0.2) is 30.3 Å². The van der Waals surface area contributed by atoms with Crippen LogP contribution in [0.1, 0.15) is 35.6 Å². The number of fused-ring (bicyclic) bond motifs is 2. The Hall–Kier alpha value is -2.30. The van der Waals surface area contributed by atoms with Crippen molar-refractivity contribution >= 4 is 12.4 Å². The fourth-order valence-corrected chi connectivity index (χ4v) is 7.13. The van der Waals surface area contributed by atoms with Crippen molar-refractivity contribution in [2.24, 2.45) is 0 Å². The van der Waals surface area contributed by atoms with Crippen LogP contribution < -0.4 is 10.0 Å². The van der Waals surface area contributed by atoms with E-state index in [0.29, 0.717) is 5.30 Å². The summed E-state index contributed by atoms with van der Waals surface area (Å²) in [7, 11) is -2.90. The highest BCUT2D eigenvalue weighted by atomic mass is 31.2.